The third-order valence-corrected chi connectivity index (χ3v) is 5.63. The molecule has 0 saturated heterocycles. The van der Waals surface area contributed by atoms with Crippen LogP contribution in [0.2, 0.25) is 0 Å². The van der Waals surface area contributed by atoms with Crippen molar-refractivity contribution in [2.24, 2.45) is 0 Å². The SMILES string of the molecule is CCNc1ccc2c(-c3ccccc3C)c3ccc(=[N+](CC)CC)cc-3oc2c1. The molecule has 2 aromatic rings. The zero-order valence-electron chi connectivity index (χ0n) is 17.8. The van der Waals surface area contributed by atoms with Crippen molar-refractivity contribution in [2.45, 2.75) is 27.7 Å². The molecule has 148 valence electrons. The van der Waals surface area contributed by atoms with Gasteiger partial charge in [0.05, 0.1) is 6.07 Å². The molecule has 1 N–H and O–H groups in total. The second kappa shape index (κ2) is 8.12. The van der Waals surface area contributed by atoms with Gasteiger partial charge in [0.25, 0.3) is 0 Å². The van der Waals surface area contributed by atoms with Gasteiger partial charge in [-0.25, -0.2) is 4.58 Å². The average molecular weight is 386 g/mol. The van der Waals surface area contributed by atoms with E-state index in [0.717, 1.165) is 47.6 Å². The van der Waals surface area contributed by atoms with Crippen molar-refractivity contribution in [2.75, 3.05) is 25.0 Å². The van der Waals surface area contributed by atoms with Crippen LogP contribution in [0.5, 0.6) is 0 Å². The summed E-state index contributed by atoms with van der Waals surface area (Å²) in [5, 5.41) is 5.74. The molecule has 4 rings (SSSR count). The maximum absolute atomic E-state index is 6.45. The molecule has 2 aliphatic rings. The van der Waals surface area contributed by atoms with Crippen molar-refractivity contribution in [1.82, 2.24) is 4.58 Å². The smallest absolute Gasteiger partial charge is 0.203 e. The highest BCUT2D eigenvalue weighted by molar-refractivity contribution is 6.03. The Morgan fingerprint density at radius 2 is 1.66 bits per heavy atom. The van der Waals surface area contributed by atoms with Crippen LogP contribution in [0.4, 0.5) is 5.69 Å². The first-order valence-electron chi connectivity index (χ1n) is 10.5. The van der Waals surface area contributed by atoms with Gasteiger partial charge in [-0.2, -0.15) is 0 Å². The van der Waals surface area contributed by atoms with E-state index in [9.17, 15) is 0 Å². The van der Waals surface area contributed by atoms with Crippen molar-refractivity contribution in [1.29, 1.82) is 0 Å². The summed E-state index contributed by atoms with van der Waals surface area (Å²) in [6, 6.07) is 21.6. The Hall–Kier alpha value is -3.07. The van der Waals surface area contributed by atoms with Crippen LogP contribution in [0.3, 0.4) is 0 Å². The summed E-state index contributed by atoms with van der Waals surface area (Å²) in [6.45, 7) is 11.5. The highest BCUT2D eigenvalue weighted by Gasteiger charge is 2.19. The quantitative estimate of drug-likeness (QED) is 0.350. The monoisotopic (exact) mass is 385 g/mol. The van der Waals surface area contributed by atoms with Gasteiger partial charge in [-0.15, -0.1) is 0 Å². The van der Waals surface area contributed by atoms with Gasteiger partial charge in [0.15, 0.2) is 0 Å². The fourth-order valence-electron chi connectivity index (χ4n) is 4.12. The Morgan fingerprint density at radius 3 is 2.38 bits per heavy atom. The minimum Gasteiger partial charge on any atom is -0.456 e. The Labute approximate surface area is 172 Å². The van der Waals surface area contributed by atoms with Crippen molar-refractivity contribution in [3.63, 3.8) is 0 Å². The number of hydrogen-bond donors (Lipinski definition) is 1. The number of fused-ring (bicyclic) bond motifs is 2. The van der Waals surface area contributed by atoms with E-state index < -0.39 is 0 Å². The largest absolute Gasteiger partial charge is 0.456 e. The molecule has 0 bridgehead atoms. The third-order valence-electron chi connectivity index (χ3n) is 5.63. The van der Waals surface area contributed by atoms with E-state index in [0.29, 0.717) is 0 Å². The van der Waals surface area contributed by atoms with E-state index in [1.165, 1.54) is 22.0 Å². The summed E-state index contributed by atoms with van der Waals surface area (Å²) < 4.78 is 8.80. The molecule has 0 amide bonds. The summed E-state index contributed by atoms with van der Waals surface area (Å²) in [6.07, 6.45) is 0. The van der Waals surface area contributed by atoms with E-state index in [1.807, 2.05) is 0 Å². The van der Waals surface area contributed by atoms with Crippen LogP contribution in [0.1, 0.15) is 26.3 Å². The maximum Gasteiger partial charge on any atom is 0.203 e. The number of aryl methyl sites for hydroxylation is 1. The molecule has 0 unspecified atom stereocenters. The lowest BCUT2D eigenvalue weighted by molar-refractivity contribution is 0.605. The molecule has 2 aromatic carbocycles. The number of rotatable bonds is 5. The predicted octanol–water partition coefficient (Wildman–Crippen LogP) is 5.76. The highest BCUT2D eigenvalue weighted by atomic mass is 16.3. The number of benzene rings is 3. The molecule has 3 heteroatoms. The van der Waals surface area contributed by atoms with Crippen molar-refractivity contribution < 1.29 is 4.42 Å². The second-order valence-corrected chi connectivity index (χ2v) is 7.39. The van der Waals surface area contributed by atoms with Gasteiger partial charge in [-0.05, 0) is 57.0 Å². The number of anilines is 1. The van der Waals surface area contributed by atoms with Gasteiger partial charge in [0.1, 0.15) is 24.4 Å². The molecule has 0 aromatic heterocycles. The zero-order chi connectivity index (χ0) is 20.4. The lowest BCUT2D eigenvalue weighted by atomic mass is 9.91. The molecule has 0 radical (unpaired) electrons. The first-order chi connectivity index (χ1) is 14.2. The average Bonchev–Trinajstić information content (AvgIpc) is 2.73. The fraction of sp³-hybridized carbons (Fsp3) is 0.269. The molecular weight excluding hydrogens is 356 g/mol. The summed E-state index contributed by atoms with van der Waals surface area (Å²) in [4.78, 5) is 0. The van der Waals surface area contributed by atoms with E-state index in [-0.39, 0.29) is 0 Å². The Morgan fingerprint density at radius 1 is 0.862 bits per heavy atom. The molecule has 0 fully saturated rings. The minimum atomic E-state index is 0.885. The number of nitrogens with one attached hydrogen (secondary N) is 1. The summed E-state index contributed by atoms with van der Waals surface area (Å²) in [5.41, 5.74) is 6.91. The molecule has 1 aliphatic carbocycles. The van der Waals surface area contributed by atoms with Gasteiger partial charge < -0.3 is 9.73 Å². The van der Waals surface area contributed by atoms with Crippen molar-refractivity contribution in [3.05, 3.63) is 71.6 Å². The number of hydrogen-bond acceptors (Lipinski definition) is 2. The summed E-state index contributed by atoms with van der Waals surface area (Å²) in [5.74, 6) is 0.925. The lowest BCUT2D eigenvalue weighted by Gasteiger charge is -2.17. The topological polar surface area (TPSA) is 28.2 Å². The van der Waals surface area contributed by atoms with Gasteiger partial charge in [0.2, 0.25) is 5.36 Å². The first kappa shape index (κ1) is 19.3. The molecule has 1 aliphatic heterocycles. The molecule has 0 spiro atoms. The van der Waals surface area contributed by atoms with E-state index in [2.05, 4.69) is 98.3 Å². The van der Waals surface area contributed by atoms with Crippen LogP contribution in [-0.2, 0) is 0 Å². The van der Waals surface area contributed by atoms with Gasteiger partial charge >= 0.3 is 0 Å². The lowest BCUT2D eigenvalue weighted by Crippen LogP contribution is -2.29. The van der Waals surface area contributed by atoms with Crippen LogP contribution >= 0.6 is 0 Å². The number of nitrogens with zero attached hydrogens (tertiary/aromatic N) is 1. The normalized spacial score (nSPS) is 11.2. The van der Waals surface area contributed by atoms with E-state index in [1.54, 1.807) is 0 Å². The predicted molar refractivity (Wildman–Crippen MR) is 124 cm³/mol. The fourth-order valence-corrected chi connectivity index (χ4v) is 4.12. The maximum atomic E-state index is 6.45. The molecule has 29 heavy (non-hydrogen) atoms. The summed E-state index contributed by atoms with van der Waals surface area (Å²) in [7, 11) is 0. The van der Waals surface area contributed by atoms with Crippen LogP contribution in [0.15, 0.2) is 65.1 Å². The molecule has 0 atom stereocenters. The van der Waals surface area contributed by atoms with Gasteiger partial charge in [-0.3, -0.25) is 0 Å². The first-order valence-corrected chi connectivity index (χ1v) is 10.5. The van der Waals surface area contributed by atoms with Crippen molar-refractivity contribution >= 4 is 16.7 Å². The molecular formula is C26H29N2O+. The van der Waals surface area contributed by atoms with Crippen LogP contribution in [-0.4, -0.2) is 19.6 Å². The Bertz CT molecular complexity index is 1200. The Balaban J connectivity index is 2.12. The second-order valence-electron chi connectivity index (χ2n) is 7.39. The molecule has 0 saturated carbocycles. The summed E-state index contributed by atoms with van der Waals surface area (Å²) >= 11 is 0. The standard InChI is InChI=1S/C26H28N2O/c1-5-27-19-12-14-22-24(16-19)29-25-17-20(28(6-2)7-3)13-15-23(25)26(22)21-11-9-8-10-18(21)4/h8-17H,5-7H2,1-4H3/p+1. The molecule has 1 heterocycles. The van der Waals surface area contributed by atoms with E-state index >= 15 is 0 Å². The highest BCUT2D eigenvalue weighted by Crippen LogP contribution is 2.41. The zero-order valence-corrected chi connectivity index (χ0v) is 17.8. The van der Waals surface area contributed by atoms with Crippen molar-refractivity contribution in [3.8, 4) is 22.5 Å². The minimum absolute atomic E-state index is 0.885. The van der Waals surface area contributed by atoms with Gasteiger partial charge in [0, 0.05) is 40.9 Å². The van der Waals surface area contributed by atoms with Crippen LogP contribution < -0.4 is 15.2 Å². The van der Waals surface area contributed by atoms with Crippen LogP contribution in [0.25, 0.3) is 33.4 Å². The van der Waals surface area contributed by atoms with Crippen LogP contribution in [0, 0.1) is 6.92 Å². The Kier molecular flexibility index (Phi) is 5.39. The van der Waals surface area contributed by atoms with Gasteiger partial charge in [-0.1, -0.05) is 24.3 Å². The third kappa shape index (κ3) is 3.53. The van der Waals surface area contributed by atoms with E-state index in [4.69, 9.17) is 4.42 Å². The molecule has 3 nitrogen and oxygen atoms in total.